The molecule has 0 amide bonds. The van der Waals surface area contributed by atoms with Gasteiger partial charge in [-0.05, 0) is 50.2 Å². The Hall–Kier alpha value is -0.0800. The zero-order valence-electron chi connectivity index (χ0n) is 9.63. The SMILES string of the molecule is CC1CN(CCC2CCNC2)CC1C. The van der Waals surface area contributed by atoms with Crippen LogP contribution in [0.15, 0.2) is 0 Å². The van der Waals surface area contributed by atoms with Gasteiger partial charge in [0.25, 0.3) is 0 Å². The first-order valence-corrected chi connectivity index (χ1v) is 6.19. The molecular weight excluding hydrogens is 172 g/mol. The normalized spacial score (nSPS) is 39.4. The van der Waals surface area contributed by atoms with E-state index in [0.29, 0.717) is 0 Å². The summed E-state index contributed by atoms with van der Waals surface area (Å²) in [6.07, 6.45) is 2.81. The molecule has 82 valence electrons. The third-order valence-corrected chi connectivity index (χ3v) is 4.08. The molecule has 0 aromatic heterocycles. The molecule has 2 saturated heterocycles. The quantitative estimate of drug-likeness (QED) is 0.737. The van der Waals surface area contributed by atoms with E-state index < -0.39 is 0 Å². The molecule has 0 aromatic rings. The summed E-state index contributed by atoms with van der Waals surface area (Å²) in [5.41, 5.74) is 0. The van der Waals surface area contributed by atoms with Gasteiger partial charge < -0.3 is 10.2 Å². The fourth-order valence-electron chi connectivity index (χ4n) is 2.76. The molecule has 1 N–H and O–H groups in total. The van der Waals surface area contributed by atoms with Crippen LogP contribution in [-0.2, 0) is 0 Å². The van der Waals surface area contributed by atoms with Crippen molar-refractivity contribution in [1.29, 1.82) is 0 Å². The van der Waals surface area contributed by atoms with Crippen LogP contribution in [0.5, 0.6) is 0 Å². The molecule has 2 rings (SSSR count). The van der Waals surface area contributed by atoms with Crippen molar-refractivity contribution in [3.8, 4) is 0 Å². The van der Waals surface area contributed by atoms with Crippen molar-refractivity contribution in [1.82, 2.24) is 10.2 Å². The van der Waals surface area contributed by atoms with Crippen molar-refractivity contribution in [2.24, 2.45) is 17.8 Å². The molecule has 2 aliphatic rings. The van der Waals surface area contributed by atoms with E-state index in [0.717, 1.165) is 17.8 Å². The highest BCUT2D eigenvalue weighted by atomic mass is 15.1. The summed E-state index contributed by atoms with van der Waals surface area (Å²) in [6.45, 7) is 11.3. The second kappa shape index (κ2) is 4.63. The van der Waals surface area contributed by atoms with Crippen LogP contribution in [0.25, 0.3) is 0 Å². The van der Waals surface area contributed by atoms with Crippen molar-refractivity contribution in [2.45, 2.75) is 26.7 Å². The summed E-state index contributed by atoms with van der Waals surface area (Å²) >= 11 is 0. The number of nitrogens with zero attached hydrogens (tertiary/aromatic N) is 1. The predicted octanol–water partition coefficient (Wildman–Crippen LogP) is 1.57. The number of hydrogen-bond acceptors (Lipinski definition) is 2. The van der Waals surface area contributed by atoms with Gasteiger partial charge in [0.15, 0.2) is 0 Å². The van der Waals surface area contributed by atoms with Gasteiger partial charge in [0.05, 0.1) is 0 Å². The van der Waals surface area contributed by atoms with Crippen LogP contribution in [-0.4, -0.2) is 37.6 Å². The Bertz CT molecular complexity index is 165. The summed E-state index contributed by atoms with van der Waals surface area (Å²) in [5.74, 6) is 2.79. The van der Waals surface area contributed by atoms with Gasteiger partial charge >= 0.3 is 0 Å². The Morgan fingerprint density at radius 2 is 1.93 bits per heavy atom. The predicted molar refractivity (Wildman–Crippen MR) is 60.4 cm³/mol. The van der Waals surface area contributed by atoms with Crippen LogP contribution in [0.4, 0.5) is 0 Å². The van der Waals surface area contributed by atoms with Gasteiger partial charge in [0.2, 0.25) is 0 Å². The van der Waals surface area contributed by atoms with Crippen molar-refractivity contribution >= 4 is 0 Å². The molecule has 2 heterocycles. The highest BCUT2D eigenvalue weighted by molar-refractivity contribution is 4.80. The molecule has 0 radical (unpaired) electrons. The fraction of sp³-hybridized carbons (Fsp3) is 1.00. The van der Waals surface area contributed by atoms with Crippen LogP contribution in [0.3, 0.4) is 0 Å². The standard InChI is InChI=1S/C12H24N2/c1-10-8-14(9-11(10)2)6-4-12-3-5-13-7-12/h10-13H,3-9H2,1-2H3. The number of rotatable bonds is 3. The third kappa shape index (κ3) is 2.48. The Morgan fingerprint density at radius 3 is 2.50 bits per heavy atom. The Morgan fingerprint density at radius 1 is 1.21 bits per heavy atom. The molecule has 0 spiro atoms. The smallest absolute Gasteiger partial charge is 0.00102 e. The van der Waals surface area contributed by atoms with Gasteiger partial charge in [-0.2, -0.15) is 0 Å². The summed E-state index contributed by atoms with van der Waals surface area (Å²) in [7, 11) is 0. The first-order chi connectivity index (χ1) is 6.75. The van der Waals surface area contributed by atoms with Gasteiger partial charge in [-0.1, -0.05) is 13.8 Å². The van der Waals surface area contributed by atoms with Gasteiger partial charge in [-0.15, -0.1) is 0 Å². The van der Waals surface area contributed by atoms with Crippen LogP contribution in [0, 0.1) is 17.8 Å². The summed E-state index contributed by atoms with van der Waals surface area (Å²) in [5, 5.41) is 3.45. The highest BCUT2D eigenvalue weighted by Gasteiger charge is 2.26. The maximum absolute atomic E-state index is 3.45. The Balaban J connectivity index is 1.66. The lowest BCUT2D eigenvalue weighted by Crippen LogP contribution is -2.24. The molecule has 0 aliphatic carbocycles. The number of likely N-dealkylation sites (tertiary alicyclic amines) is 1. The molecular formula is C12H24N2. The maximum Gasteiger partial charge on any atom is 0.00102 e. The third-order valence-electron chi connectivity index (χ3n) is 4.08. The van der Waals surface area contributed by atoms with E-state index in [1.54, 1.807) is 0 Å². The minimum Gasteiger partial charge on any atom is -0.316 e. The molecule has 0 saturated carbocycles. The molecule has 0 aromatic carbocycles. The Kier molecular flexibility index (Phi) is 3.45. The molecule has 0 bridgehead atoms. The largest absolute Gasteiger partial charge is 0.316 e. The molecule has 3 atom stereocenters. The molecule has 3 unspecified atom stereocenters. The fourth-order valence-corrected chi connectivity index (χ4v) is 2.76. The van der Waals surface area contributed by atoms with E-state index in [1.807, 2.05) is 0 Å². The van der Waals surface area contributed by atoms with Crippen LogP contribution in [0.2, 0.25) is 0 Å². The lowest BCUT2D eigenvalue weighted by Gasteiger charge is -2.17. The van der Waals surface area contributed by atoms with Crippen molar-refractivity contribution in [2.75, 3.05) is 32.7 Å². The lowest BCUT2D eigenvalue weighted by atomic mass is 10.0. The van der Waals surface area contributed by atoms with Crippen LogP contribution in [0.1, 0.15) is 26.7 Å². The first-order valence-electron chi connectivity index (χ1n) is 6.19. The highest BCUT2D eigenvalue weighted by Crippen LogP contribution is 2.23. The zero-order valence-corrected chi connectivity index (χ0v) is 9.63. The zero-order chi connectivity index (χ0) is 9.97. The first kappa shape index (κ1) is 10.4. The number of hydrogen-bond donors (Lipinski definition) is 1. The van der Waals surface area contributed by atoms with E-state index in [1.165, 1.54) is 45.6 Å². The molecule has 14 heavy (non-hydrogen) atoms. The second-order valence-corrected chi connectivity index (χ2v) is 5.36. The van der Waals surface area contributed by atoms with E-state index >= 15 is 0 Å². The lowest BCUT2D eigenvalue weighted by molar-refractivity contribution is 0.296. The molecule has 2 fully saturated rings. The minimum absolute atomic E-state index is 0.914. The summed E-state index contributed by atoms with van der Waals surface area (Å²) in [6, 6.07) is 0. The average molecular weight is 196 g/mol. The summed E-state index contributed by atoms with van der Waals surface area (Å²) in [4.78, 5) is 2.66. The van der Waals surface area contributed by atoms with E-state index in [2.05, 4.69) is 24.1 Å². The van der Waals surface area contributed by atoms with Crippen molar-refractivity contribution < 1.29 is 0 Å². The van der Waals surface area contributed by atoms with Gasteiger partial charge in [0.1, 0.15) is 0 Å². The van der Waals surface area contributed by atoms with Gasteiger partial charge in [-0.25, -0.2) is 0 Å². The molecule has 2 aliphatic heterocycles. The topological polar surface area (TPSA) is 15.3 Å². The number of nitrogens with one attached hydrogen (secondary N) is 1. The van der Waals surface area contributed by atoms with Gasteiger partial charge in [-0.3, -0.25) is 0 Å². The average Bonchev–Trinajstić information content (AvgIpc) is 2.74. The van der Waals surface area contributed by atoms with Gasteiger partial charge in [0, 0.05) is 13.1 Å². The van der Waals surface area contributed by atoms with Crippen LogP contribution < -0.4 is 5.32 Å². The Labute approximate surface area is 88.1 Å². The second-order valence-electron chi connectivity index (χ2n) is 5.36. The van der Waals surface area contributed by atoms with Crippen LogP contribution >= 0.6 is 0 Å². The maximum atomic E-state index is 3.45. The van der Waals surface area contributed by atoms with Crippen molar-refractivity contribution in [3.05, 3.63) is 0 Å². The van der Waals surface area contributed by atoms with E-state index in [9.17, 15) is 0 Å². The monoisotopic (exact) mass is 196 g/mol. The summed E-state index contributed by atoms with van der Waals surface area (Å²) < 4.78 is 0. The molecule has 2 heteroatoms. The van der Waals surface area contributed by atoms with E-state index in [4.69, 9.17) is 0 Å². The molecule has 2 nitrogen and oxygen atoms in total. The van der Waals surface area contributed by atoms with Crippen molar-refractivity contribution in [3.63, 3.8) is 0 Å². The minimum atomic E-state index is 0.914. The van der Waals surface area contributed by atoms with E-state index in [-0.39, 0.29) is 0 Å².